The van der Waals surface area contributed by atoms with Crippen LogP contribution in [0.2, 0.25) is 0 Å². The van der Waals surface area contributed by atoms with Crippen molar-refractivity contribution in [3.63, 3.8) is 0 Å². The molecule has 1 spiro atoms. The highest BCUT2D eigenvalue weighted by Gasteiger charge is 2.55. The van der Waals surface area contributed by atoms with Crippen LogP contribution in [-0.4, -0.2) is 101 Å². The molecule has 2 aromatic carbocycles. The van der Waals surface area contributed by atoms with Crippen molar-refractivity contribution in [2.24, 2.45) is 5.41 Å². The smallest absolute Gasteiger partial charge is 0.409 e. The van der Waals surface area contributed by atoms with Gasteiger partial charge in [0.2, 0.25) is 0 Å². The van der Waals surface area contributed by atoms with Gasteiger partial charge in [0.05, 0.1) is 36.4 Å². The Morgan fingerprint density at radius 2 is 1.82 bits per heavy atom. The van der Waals surface area contributed by atoms with Crippen LogP contribution in [0.15, 0.2) is 36.4 Å². The molecule has 4 aromatic rings. The fourth-order valence-corrected chi connectivity index (χ4v) is 6.03. The van der Waals surface area contributed by atoms with E-state index in [4.69, 9.17) is 14.5 Å². The van der Waals surface area contributed by atoms with E-state index in [1.807, 2.05) is 29.2 Å². The second kappa shape index (κ2) is 9.81. The molecule has 0 saturated carbocycles. The lowest BCUT2D eigenvalue weighted by molar-refractivity contribution is -0.0893. The number of aromatic amines is 2. The number of hydrogen-bond acceptors (Lipinski definition) is 7. The topological polar surface area (TPSA) is 120 Å². The first-order chi connectivity index (χ1) is 19.5. The molecule has 5 heterocycles. The van der Waals surface area contributed by atoms with Gasteiger partial charge in [-0.15, -0.1) is 0 Å². The number of nitrogens with zero attached hydrogens (tertiary/aromatic N) is 5. The Labute approximate surface area is 231 Å². The van der Waals surface area contributed by atoms with Gasteiger partial charge in [-0.2, -0.15) is 5.10 Å². The van der Waals surface area contributed by atoms with Crippen LogP contribution >= 0.6 is 0 Å². The zero-order chi connectivity index (χ0) is 27.3. The molecule has 0 radical (unpaired) electrons. The summed E-state index contributed by atoms with van der Waals surface area (Å²) in [6.07, 6.45) is 1.63. The van der Waals surface area contributed by atoms with E-state index in [1.165, 1.54) is 0 Å². The molecule has 2 amide bonds. The predicted molar refractivity (Wildman–Crippen MR) is 150 cm³/mol. The van der Waals surface area contributed by atoms with Gasteiger partial charge >= 0.3 is 6.09 Å². The van der Waals surface area contributed by atoms with E-state index in [0.717, 1.165) is 66.8 Å². The van der Waals surface area contributed by atoms with E-state index < -0.39 is 0 Å². The first kappa shape index (κ1) is 24.9. The average molecular weight is 544 g/mol. The van der Waals surface area contributed by atoms with Crippen LogP contribution in [0.25, 0.3) is 33.5 Å². The van der Waals surface area contributed by atoms with Crippen molar-refractivity contribution >= 4 is 39.6 Å². The largest absolute Gasteiger partial charge is 0.449 e. The number of anilines is 1. The third kappa shape index (κ3) is 4.34. The van der Waals surface area contributed by atoms with Gasteiger partial charge in [0.25, 0.3) is 5.91 Å². The molecule has 0 bridgehead atoms. The highest BCUT2D eigenvalue weighted by molar-refractivity contribution is 6.01. The van der Waals surface area contributed by atoms with Crippen molar-refractivity contribution in [3.8, 4) is 11.5 Å². The summed E-state index contributed by atoms with van der Waals surface area (Å²) in [5.41, 5.74) is 5.09. The molecule has 7 rings (SSSR count). The van der Waals surface area contributed by atoms with Crippen molar-refractivity contribution in [2.45, 2.75) is 19.8 Å². The van der Waals surface area contributed by atoms with E-state index in [1.54, 1.807) is 4.90 Å². The molecular formula is C29H33N7O4. The Morgan fingerprint density at radius 1 is 1.02 bits per heavy atom. The number of likely N-dealkylation sites (tertiary alicyclic amines) is 2. The molecular weight excluding hydrogens is 510 g/mol. The van der Waals surface area contributed by atoms with Crippen LogP contribution in [0.4, 0.5) is 10.5 Å². The molecule has 208 valence electrons. The third-order valence-electron chi connectivity index (χ3n) is 8.25. The van der Waals surface area contributed by atoms with E-state index in [9.17, 15) is 9.59 Å². The van der Waals surface area contributed by atoms with Crippen molar-refractivity contribution in [1.29, 1.82) is 0 Å². The lowest BCUT2D eigenvalue weighted by Crippen LogP contribution is -2.73. The van der Waals surface area contributed by atoms with Gasteiger partial charge in [-0.1, -0.05) is 13.3 Å². The average Bonchev–Trinajstić information content (AvgIpc) is 3.55. The number of benzene rings is 2. The monoisotopic (exact) mass is 543 g/mol. The summed E-state index contributed by atoms with van der Waals surface area (Å²) in [7, 11) is 0. The quantitative estimate of drug-likeness (QED) is 0.356. The van der Waals surface area contributed by atoms with Crippen LogP contribution in [0.5, 0.6) is 0 Å². The molecule has 2 aromatic heterocycles. The zero-order valence-corrected chi connectivity index (χ0v) is 22.6. The van der Waals surface area contributed by atoms with Gasteiger partial charge in [0.1, 0.15) is 5.69 Å². The number of hydrogen-bond donors (Lipinski definition) is 2. The summed E-state index contributed by atoms with van der Waals surface area (Å²) in [4.78, 5) is 39.6. The van der Waals surface area contributed by atoms with Crippen LogP contribution in [-0.2, 0) is 9.47 Å². The summed E-state index contributed by atoms with van der Waals surface area (Å²) in [6, 6.07) is 11.9. The number of unbranched alkanes of at least 4 members (excludes halogenated alkanes) is 1. The molecule has 2 N–H and O–H groups in total. The molecule has 11 heteroatoms. The molecule has 3 fully saturated rings. The number of aromatic nitrogens is 4. The molecule has 3 aliphatic heterocycles. The number of H-pyrrole nitrogens is 2. The maximum Gasteiger partial charge on any atom is 0.409 e. The second-order valence-electron chi connectivity index (χ2n) is 11.2. The molecule has 0 aliphatic carbocycles. The highest BCUT2D eigenvalue weighted by atomic mass is 16.6. The number of nitrogens with one attached hydrogen (secondary N) is 2. The van der Waals surface area contributed by atoms with Gasteiger partial charge in [-0.05, 0) is 42.8 Å². The van der Waals surface area contributed by atoms with Gasteiger partial charge in [0, 0.05) is 61.3 Å². The highest BCUT2D eigenvalue weighted by Crippen LogP contribution is 2.41. The van der Waals surface area contributed by atoms with Crippen molar-refractivity contribution in [1.82, 2.24) is 30.0 Å². The van der Waals surface area contributed by atoms with E-state index in [2.05, 4.69) is 39.1 Å². The molecule has 0 unspecified atom stereocenters. The van der Waals surface area contributed by atoms with Crippen molar-refractivity contribution in [2.75, 3.05) is 64.0 Å². The maximum absolute atomic E-state index is 13.3. The van der Waals surface area contributed by atoms with E-state index >= 15 is 0 Å². The number of morpholine rings is 1. The molecule has 3 aliphatic rings. The minimum atomic E-state index is -0.246. The third-order valence-corrected chi connectivity index (χ3v) is 8.25. The number of imidazole rings is 1. The van der Waals surface area contributed by atoms with E-state index in [-0.39, 0.29) is 17.4 Å². The van der Waals surface area contributed by atoms with Gasteiger partial charge in [0.15, 0.2) is 5.82 Å². The summed E-state index contributed by atoms with van der Waals surface area (Å²) >= 11 is 0. The number of carbonyl (C=O) groups excluding carboxylic acids is 2. The number of fused-ring (bicyclic) bond motifs is 2. The van der Waals surface area contributed by atoms with Crippen molar-refractivity contribution < 1.29 is 19.1 Å². The van der Waals surface area contributed by atoms with Crippen LogP contribution in [0.1, 0.15) is 30.1 Å². The molecule has 3 saturated heterocycles. The minimum Gasteiger partial charge on any atom is -0.449 e. The number of amides is 2. The van der Waals surface area contributed by atoms with E-state index in [0.29, 0.717) is 49.9 Å². The maximum atomic E-state index is 13.3. The lowest BCUT2D eigenvalue weighted by atomic mass is 9.73. The Bertz CT molecular complexity index is 1570. The standard InChI is InChI=1S/C29H33N7O4/c1-2-3-10-40-28(38)36-17-29(18-36)15-35(16-29)27(37)19-4-6-22-21(13-19)25(33-32-22)26-30-23-7-5-20(14-24(23)31-26)34-8-11-39-12-9-34/h4-7,13-14H,2-3,8-12,15-18H2,1H3,(H,30,31)(H,32,33). The fraction of sp³-hybridized carbons (Fsp3) is 0.448. The predicted octanol–water partition coefficient (Wildman–Crippen LogP) is 3.64. The summed E-state index contributed by atoms with van der Waals surface area (Å²) < 4.78 is 10.8. The second-order valence-corrected chi connectivity index (χ2v) is 11.2. The van der Waals surface area contributed by atoms with Gasteiger partial charge in [-0.3, -0.25) is 9.89 Å². The normalized spacial score (nSPS) is 18.3. The Balaban J connectivity index is 1.05. The van der Waals surface area contributed by atoms with Crippen LogP contribution < -0.4 is 4.90 Å². The molecule has 11 nitrogen and oxygen atoms in total. The minimum absolute atomic E-state index is 0.00130. The lowest BCUT2D eigenvalue weighted by Gasteiger charge is -2.59. The number of carbonyl (C=O) groups is 2. The zero-order valence-electron chi connectivity index (χ0n) is 22.6. The van der Waals surface area contributed by atoms with Gasteiger partial charge < -0.3 is 29.2 Å². The van der Waals surface area contributed by atoms with Crippen molar-refractivity contribution in [3.05, 3.63) is 42.0 Å². The Morgan fingerprint density at radius 3 is 2.62 bits per heavy atom. The molecule has 0 atom stereocenters. The first-order valence-corrected chi connectivity index (χ1v) is 14.0. The number of rotatable bonds is 6. The summed E-state index contributed by atoms with van der Waals surface area (Å²) in [5.74, 6) is 0.650. The number of ether oxygens (including phenoxy) is 2. The van der Waals surface area contributed by atoms with Crippen LogP contribution in [0.3, 0.4) is 0 Å². The van der Waals surface area contributed by atoms with Crippen LogP contribution in [0, 0.1) is 5.41 Å². The SMILES string of the molecule is CCCCOC(=O)N1CC2(C1)CN(C(=O)c1ccc3[nH]nc(-c4nc5ccc(N6CCOCC6)cc5[nH]4)c3c1)C2. The Hall–Kier alpha value is -4.12. The van der Waals surface area contributed by atoms with Gasteiger partial charge in [-0.25, -0.2) is 9.78 Å². The fourth-order valence-electron chi connectivity index (χ4n) is 6.03. The Kier molecular flexibility index (Phi) is 6.10. The summed E-state index contributed by atoms with van der Waals surface area (Å²) in [6.45, 7) is 8.33. The first-order valence-electron chi connectivity index (χ1n) is 14.0. The summed E-state index contributed by atoms with van der Waals surface area (Å²) in [5, 5.41) is 8.45. The molecule has 40 heavy (non-hydrogen) atoms.